The highest BCUT2D eigenvalue weighted by Gasteiger charge is 2.40. The summed E-state index contributed by atoms with van der Waals surface area (Å²) in [6.07, 6.45) is 10.3. The lowest BCUT2D eigenvalue weighted by atomic mass is 9.96. The minimum atomic E-state index is -4.62. The van der Waals surface area contributed by atoms with Crippen molar-refractivity contribution in [2.24, 2.45) is 11.8 Å². The fourth-order valence-electron chi connectivity index (χ4n) is 12.8. The standard InChI is InChI=1S/C66H71ClN10O11S/c67-48-12-10-46(11-13-48)52-7-4-9-60(87-42-44-21-27-73(28-22-44)26-2-1-5-45-6-3-8-53-55(45)41-76(66(53)81)58-18-19-62(78)71-65(58)80)56(52)40-74-29-31-75(32-30-74)49-14-16-54(61(36-49)88-50-35-47-20-25-68-63(47)70-39-50)64(79)72-89(84,85)51-15-17-57(59(37-51)77(82)83)69-38-43-23-33-86-34-24-43/h3-4,6-17,20,25,35-37,39,43-44,58,69H,1-2,5,18-19,21-24,26-34,38,40-42H2,(H,68,70)(H,72,79)(H,71,78,80). The van der Waals surface area contributed by atoms with Gasteiger partial charge >= 0.3 is 0 Å². The molecule has 2 aromatic heterocycles. The van der Waals surface area contributed by atoms with Gasteiger partial charge in [-0.1, -0.05) is 48.0 Å². The molecule has 7 heterocycles. The molecule has 4 saturated heterocycles. The van der Waals surface area contributed by atoms with Crippen molar-refractivity contribution in [3.05, 3.63) is 165 Å². The average Bonchev–Trinajstić information content (AvgIpc) is 2.19. The number of aryl methyl sites for hydroxylation is 1. The van der Waals surface area contributed by atoms with Gasteiger partial charge in [-0.15, -0.1) is 0 Å². The molecule has 5 aliphatic heterocycles. The Bertz CT molecular complexity index is 3900. The number of nitro groups is 1. The third-order valence-electron chi connectivity index (χ3n) is 17.9. The van der Waals surface area contributed by atoms with Gasteiger partial charge < -0.3 is 39.2 Å². The first-order valence-corrected chi connectivity index (χ1v) is 32.4. The molecule has 1 unspecified atom stereocenters. The molecule has 4 fully saturated rings. The number of rotatable bonds is 22. The maximum atomic E-state index is 14.2. The number of benzene rings is 5. The van der Waals surface area contributed by atoms with Crippen molar-refractivity contribution >= 4 is 73.3 Å². The number of piperidine rings is 2. The number of likely N-dealkylation sites (tertiary alicyclic amines) is 1. The summed E-state index contributed by atoms with van der Waals surface area (Å²) in [5, 5.41) is 19.1. The number of hydrogen-bond acceptors (Lipinski definition) is 16. The van der Waals surface area contributed by atoms with Crippen molar-refractivity contribution in [3.8, 4) is 28.4 Å². The lowest BCUT2D eigenvalue weighted by molar-refractivity contribution is -0.384. The van der Waals surface area contributed by atoms with Crippen LogP contribution in [0.5, 0.6) is 17.2 Å². The van der Waals surface area contributed by atoms with Gasteiger partial charge in [0.2, 0.25) is 11.8 Å². The Kier molecular flexibility index (Phi) is 18.6. The first-order valence-electron chi connectivity index (χ1n) is 30.6. The number of sulfonamides is 1. The maximum Gasteiger partial charge on any atom is 0.293 e. The van der Waals surface area contributed by atoms with Crippen LogP contribution >= 0.6 is 11.6 Å². The van der Waals surface area contributed by atoms with E-state index in [0.29, 0.717) is 100.0 Å². The van der Waals surface area contributed by atoms with Crippen molar-refractivity contribution in [2.45, 2.75) is 81.8 Å². The molecule has 4 amide bonds. The molecule has 5 aliphatic rings. The second kappa shape index (κ2) is 27.1. The molecule has 5 aromatic carbocycles. The van der Waals surface area contributed by atoms with E-state index in [9.17, 15) is 37.7 Å². The number of unbranched alkanes of at least 4 members (excludes halogenated alkanes) is 1. The zero-order valence-electron chi connectivity index (χ0n) is 49.3. The van der Waals surface area contributed by atoms with E-state index in [1.807, 2.05) is 48.5 Å². The number of amides is 4. The molecular weight excluding hydrogens is 1180 g/mol. The van der Waals surface area contributed by atoms with Crippen LogP contribution in [-0.4, -0.2) is 140 Å². The number of hydrogen-bond donors (Lipinski definition) is 4. The number of ether oxygens (including phenoxy) is 3. The third-order valence-corrected chi connectivity index (χ3v) is 19.5. The summed E-state index contributed by atoms with van der Waals surface area (Å²) in [6.45, 7) is 8.84. The van der Waals surface area contributed by atoms with Crippen LogP contribution in [0.15, 0.2) is 126 Å². The normalized spacial score (nSPS) is 18.0. The minimum Gasteiger partial charge on any atom is -0.493 e. The number of imide groups is 1. The number of fused-ring (bicyclic) bond motifs is 2. The third kappa shape index (κ3) is 14.2. The van der Waals surface area contributed by atoms with Gasteiger partial charge in [-0.3, -0.25) is 39.5 Å². The molecule has 23 heteroatoms. The number of nitro benzene ring substituents is 1. The lowest BCUT2D eigenvalue weighted by Crippen LogP contribution is -2.52. The number of aromatic amines is 1. The van der Waals surface area contributed by atoms with E-state index in [4.69, 9.17) is 25.8 Å². The molecule has 0 spiro atoms. The summed E-state index contributed by atoms with van der Waals surface area (Å²) < 4.78 is 48.5. The van der Waals surface area contributed by atoms with Crippen LogP contribution in [0, 0.1) is 22.0 Å². The number of nitrogens with one attached hydrogen (secondary N) is 4. The second-order valence-corrected chi connectivity index (χ2v) is 25.7. The molecule has 12 rings (SSSR count). The zero-order chi connectivity index (χ0) is 61.6. The Morgan fingerprint density at radius 3 is 2.39 bits per heavy atom. The number of piperazine rings is 1. The summed E-state index contributed by atoms with van der Waals surface area (Å²) in [7, 11) is -4.62. The van der Waals surface area contributed by atoms with Gasteiger partial charge in [0.15, 0.2) is 0 Å². The maximum absolute atomic E-state index is 14.2. The highest BCUT2D eigenvalue weighted by atomic mass is 35.5. The van der Waals surface area contributed by atoms with Crippen LogP contribution < -0.4 is 29.7 Å². The molecular formula is C66H71ClN10O11S. The van der Waals surface area contributed by atoms with Crippen LogP contribution in [0.2, 0.25) is 5.02 Å². The van der Waals surface area contributed by atoms with E-state index in [1.165, 1.54) is 24.4 Å². The average molecular weight is 1250 g/mol. The van der Waals surface area contributed by atoms with Crippen molar-refractivity contribution in [2.75, 3.05) is 82.4 Å². The Morgan fingerprint density at radius 2 is 1.61 bits per heavy atom. The molecule has 1 atom stereocenters. The van der Waals surface area contributed by atoms with Crippen LogP contribution in [-0.2, 0) is 43.9 Å². The lowest BCUT2D eigenvalue weighted by Gasteiger charge is -2.37. The highest BCUT2D eigenvalue weighted by Crippen LogP contribution is 2.37. The highest BCUT2D eigenvalue weighted by molar-refractivity contribution is 7.90. The molecule has 7 aromatic rings. The Balaban J connectivity index is 0.677. The molecule has 89 heavy (non-hydrogen) atoms. The summed E-state index contributed by atoms with van der Waals surface area (Å²) in [4.78, 5) is 79.4. The van der Waals surface area contributed by atoms with Crippen molar-refractivity contribution in [1.29, 1.82) is 0 Å². The molecule has 21 nitrogen and oxygen atoms in total. The van der Waals surface area contributed by atoms with E-state index in [1.54, 1.807) is 29.3 Å². The van der Waals surface area contributed by atoms with Gasteiger partial charge in [0.25, 0.3) is 27.5 Å². The van der Waals surface area contributed by atoms with Crippen molar-refractivity contribution < 1.29 is 46.7 Å². The molecule has 464 valence electrons. The van der Waals surface area contributed by atoms with Crippen LogP contribution in [0.4, 0.5) is 17.1 Å². The fraction of sp³-hybridized carbons (Fsp3) is 0.379. The smallest absolute Gasteiger partial charge is 0.293 e. The van der Waals surface area contributed by atoms with Crippen molar-refractivity contribution in [3.63, 3.8) is 0 Å². The van der Waals surface area contributed by atoms with Crippen LogP contribution in [0.25, 0.3) is 22.2 Å². The Labute approximate surface area is 521 Å². The number of anilines is 2. The quantitative estimate of drug-likeness (QED) is 0.0213. The first-order chi connectivity index (χ1) is 43.2. The van der Waals surface area contributed by atoms with Gasteiger partial charge in [0.1, 0.15) is 34.6 Å². The predicted molar refractivity (Wildman–Crippen MR) is 337 cm³/mol. The van der Waals surface area contributed by atoms with Gasteiger partial charge in [0, 0.05) is 111 Å². The monoisotopic (exact) mass is 1250 g/mol. The predicted octanol–water partition coefficient (Wildman–Crippen LogP) is 9.74. The second-order valence-electron chi connectivity index (χ2n) is 23.6. The number of pyridine rings is 1. The van der Waals surface area contributed by atoms with E-state index in [-0.39, 0.29) is 41.2 Å². The number of nitrogens with zero attached hydrogens (tertiary/aromatic N) is 6. The first kappa shape index (κ1) is 60.9. The zero-order valence-corrected chi connectivity index (χ0v) is 50.9. The van der Waals surface area contributed by atoms with E-state index in [2.05, 4.69) is 58.2 Å². The topological polar surface area (TPSA) is 251 Å². The SMILES string of the molecule is O=C1CCC(N2Cc3c(CCCCN4CCC(COc5cccc(-c6ccc(Cl)cc6)c5CN5CCN(c6ccc(C(=O)NS(=O)(=O)c7ccc(NCC8CCOCC8)c([N+](=O)[O-])c7)c(Oc7cnc8[nH]ccc8c7)c6)CC5)CC4)cccc3C2=O)C(=O)N1. The van der Waals surface area contributed by atoms with E-state index in [0.717, 1.165) is 115 Å². The summed E-state index contributed by atoms with van der Waals surface area (Å²) in [5.74, 6) is 0.0592. The fourth-order valence-corrected chi connectivity index (χ4v) is 13.9. The molecule has 0 aliphatic carbocycles. The van der Waals surface area contributed by atoms with Gasteiger partial charge in [-0.05, 0) is 166 Å². The van der Waals surface area contributed by atoms with Crippen LogP contribution in [0.3, 0.4) is 0 Å². The van der Waals surface area contributed by atoms with E-state index >= 15 is 0 Å². The Hall–Kier alpha value is -8.41. The number of carbonyl (C=O) groups excluding carboxylic acids is 4. The van der Waals surface area contributed by atoms with Crippen molar-refractivity contribution in [1.82, 2.24) is 34.7 Å². The largest absolute Gasteiger partial charge is 0.493 e. The van der Waals surface area contributed by atoms with Gasteiger partial charge in [-0.25, -0.2) is 18.1 Å². The van der Waals surface area contributed by atoms with Gasteiger partial charge in [-0.2, -0.15) is 0 Å². The molecule has 0 bridgehead atoms. The van der Waals surface area contributed by atoms with Gasteiger partial charge in [0.05, 0.1) is 28.2 Å². The molecule has 0 radical (unpaired) electrons. The summed E-state index contributed by atoms with van der Waals surface area (Å²) in [6, 6.07) is 31.5. The number of carbonyl (C=O) groups is 4. The summed E-state index contributed by atoms with van der Waals surface area (Å²) in [5.41, 5.74) is 7.02. The minimum absolute atomic E-state index is 0.0746. The van der Waals surface area contributed by atoms with E-state index < -0.39 is 43.4 Å². The molecule has 0 saturated carbocycles. The molecule has 4 N–H and O–H groups in total. The van der Waals surface area contributed by atoms with Crippen LogP contribution in [0.1, 0.15) is 88.8 Å². The Morgan fingerprint density at radius 1 is 0.820 bits per heavy atom. The number of aromatic nitrogens is 2. The summed E-state index contributed by atoms with van der Waals surface area (Å²) >= 11 is 6.39. The number of halogens is 1. The number of H-pyrrole nitrogens is 1.